The van der Waals surface area contributed by atoms with Gasteiger partial charge in [-0.15, -0.1) is 0 Å². The predicted molar refractivity (Wildman–Crippen MR) is 102 cm³/mol. The van der Waals surface area contributed by atoms with Crippen molar-refractivity contribution in [3.63, 3.8) is 0 Å². The number of aromatic nitrogens is 1. The van der Waals surface area contributed by atoms with Crippen LogP contribution in [0.3, 0.4) is 0 Å². The van der Waals surface area contributed by atoms with Gasteiger partial charge in [-0.2, -0.15) is 0 Å². The van der Waals surface area contributed by atoms with Crippen molar-refractivity contribution in [3.8, 4) is 0 Å². The molecule has 138 valence electrons. The summed E-state index contributed by atoms with van der Waals surface area (Å²) in [7, 11) is -2.96. The van der Waals surface area contributed by atoms with Crippen LogP contribution in [0, 0.1) is 0 Å². The fraction of sp³-hybridized carbons (Fsp3) is 0.333. The van der Waals surface area contributed by atoms with Crippen molar-refractivity contribution in [2.24, 2.45) is 0 Å². The van der Waals surface area contributed by atoms with Gasteiger partial charge >= 0.3 is 0 Å². The number of hydrogen-bond acceptors (Lipinski definition) is 5. The van der Waals surface area contributed by atoms with E-state index >= 15 is 0 Å². The number of nitrogens with one attached hydrogen (secondary N) is 2. The summed E-state index contributed by atoms with van der Waals surface area (Å²) in [6.07, 6.45) is 4.33. The van der Waals surface area contributed by atoms with Gasteiger partial charge in [-0.3, -0.25) is 9.78 Å². The summed E-state index contributed by atoms with van der Waals surface area (Å²) in [6.45, 7) is 0.484. The summed E-state index contributed by atoms with van der Waals surface area (Å²) in [5.41, 5.74) is 2.13. The van der Waals surface area contributed by atoms with Gasteiger partial charge in [0.1, 0.15) is 0 Å². The van der Waals surface area contributed by atoms with E-state index < -0.39 is 9.84 Å². The SMILES string of the molecule is O=C(NCCc1cccc(Cl)c1)c1cncc(NC2CCS(=O)(=O)C2)c1. The van der Waals surface area contributed by atoms with Crippen LogP contribution in [0.4, 0.5) is 5.69 Å². The highest BCUT2D eigenvalue weighted by molar-refractivity contribution is 7.91. The van der Waals surface area contributed by atoms with Gasteiger partial charge in [0.2, 0.25) is 0 Å². The van der Waals surface area contributed by atoms with Gasteiger partial charge in [0.05, 0.1) is 22.8 Å². The fourth-order valence-corrected chi connectivity index (χ4v) is 4.79. The maximum atomic E-state index is 12.3. The first-order valence-electron chi connectivity index (χ1n) is 8.36. The van der Waals surface area contributed by atoms with Crippen molar-refractivity contribution in [2.45, 2.75) is 18.9 Å². The maximum absolute atomic E-state index is 12.3. The first kappa shape index (κ1) is 18.7. The molecule has 1 fully saturated rings. The molecule has 1 atom stereocenters. The van der Waals surface area contributed by atoms with E-state index in [9.17, 15) is 13.2 Å². The molecule has 1 amide bonds. The van der Waals surface area contributed by atoms with Gasteiger partial charge in [-0.05, 0) is 36.6 Å². The van der Waals surface area contributed by atoms with E-state index in [1.54, 1.807) is 12.3 Å². The molecule has 1 aliphatic heterocycles. The molecule has 1 unspecified atom stereocenters. The maximum Gasteiger partial charge on any atom is 0.252 e. The Bertz CT molecular complexity index is 902. The van der Waals surface area contributed by atoms with Crippen molar-refractivity contribution in [1.29, 1.82) is 0 Å². The molecule has 1 saturated heterocycles. The van der Waals surface area contributed by atoms with E-state index in [4.69, 9.17) is 11.6 Å². The van der Waals surface area contributed by atoms with Crippen LogP contribution in [0.1, 0.15) is 22.3 Å². The number of sulfone groups is 1. The van der Waals surface area contributed by atoms with Crippen molar-refractivity contribution in [2.75, 3.05) is 23.4 Å². The van der Waals surface area contributed by atoms with Crippen LogP contribution in [0.5, 0.6) is 0 Å². The third-order valence-corrected chi connectivity index (χ3v) is 6.19. The van der Waals surface area contributed by atoms with Gasteiger partial charge in [0, 0.05) is 30.0 Å². The Hall–Kier alpha value is -2.12. The molecule has 0 aliphatic carbocycles. The predicted octanol–water partition coefficient (Wildman–Crippen LogP) is 2.31. The molecular weight excluding hydrogens is 374 g/mol. The van der Waals surface area contributed by atoms with E-state index in [-0.39, 0.29) is 23.5 Å². The molecule has 6 nitrogen and oxygen atoms in total. The van der Waals surface area contributed by atoms with Crippen LogP contribution in [0.25, 0.3) is 0 Å². The minimum absolute atomic E-state index is 0.114. The van der Waals surface area contributed by atoms with E-state index in [2.05, 4.69) is 15.6 Å². The Kier molecular flexibility index (Phi) is 5.78. The second kappa shape index (κ2) is 8.05. The minimum Gasteiger partial charge on any atom is -0.380 e. The molecule has 3 rings (SSSR count). The Morgan fingerprint density at radius 3 is 2.85 bits per heavy atom. The molecule has 0 saturated carbocycles. The lowest BCUT2D eigenvalue weighted by Crippen LogP contribution is -2.26. The van der Waals surface area contributed by atoms with Crippen molar-refractivity contribution < 1.29 is 13.2 Å². The zero-order valence-electron chi connectivity index (χ0n) is 14.1. The van der Waals surface area contributed by atoms with E-state index in [1.165, 1.54) is 6.20 Å². The zero-order chi connectivity index (χ0) is 18.6. The van der Waals surface area contributed by atoms with Crippen molar-refractivity contribution in [1.82, 2.24) is 10.3 Å². The largest absolute Gasteiger partial charge is 0.380 e. The number of nitrogens with zero attached hydrogens (tertiary/aromatic N) is 1. The summed E-state index contributed by atoms with van der Waals surface area (Å²) < 4.78 is 23.1. The first-order chi connectivity index (χ1) is 12.4. The fourth-order valence-electron chi connectivity index (χ4n) is 2.90. The average Bonchev–Trinajstić information content (AvgIpc) is 2.93. The number of carbonyl (C=O) groups excluding carboxylic acids is 1. The van der Waals surface area contributed by atoms with Gasteiger partial charge in [-0.25, -0.2) is 8.42 Å². The quantitative estimate of drug-likeness (QED) is 0.786. The normalized spacial score (nSPS) is 18.4. The number of benzene rings is 1. The number of amides is 1. The average molecular weight is 394 g/mol. The number of anilines is 1. The lowest BCUT2D eigenvalue weighted by molar-refractivity contribution is 0.0954. The van der Waals surface area contributed by atoms with Crippen molar-refractivity contribution >= 4 is 33.0 Å². The number of carbonyl (C=O) groups is 1. The first-order valence-corrected chi connectivity index (χ1v) is 10.6. The molecule has 26 heavy (non-hydrogen) atoms. The second-order valence-electron chi connectivity index (χ2n) is 6.34. The Morgan fingerprint density at radius 2 is 2.12 bits per heavy atom. The molecule has 1 aromatic carbocycles. The summed E-state index contributed by atoms with van der Waals surface area (Å²) in [5, 5.41) is 6.67. The van der Waals surface area contributed by atoms with Gasteiger partial charge in [0.15, 0.2) is 9.84 Å². The third kappa shape index (κ3) is 5.19. The molecule has 0 radical (unpaired) electrons. The lowest BCUT2D eigenvalue weighted by Gasteiger charge is -2.13. The third-order valence-electron chi connectivity index (χ3n) is 4.19. The Balaban J connectivity index is 1.54. The molecule has 2 N–H and O–H groups in total. The molecule has 2 aromatic rings. The molecule has 1 aliphatic rings. The smallest absolute Gasteiger partial charge is 0.252 e. The van der Waals surface area contributed by atoms with Crippen LogP contribution in [0.15, 0.2) is 42.7 Å². The van der Waals surface area contributed by atoms with Crippen LogP contribution < -0.4 is 10.6 Å². The van der Waals surface area contributed by atoms with Gasteiger partial charge in [-0.1, -0.05) is 23.7 Å². The molecule has 2 heterocycles. The summed E-state index contributed by atoms with van der Waals surface area (Å²) >= 11 is 5.95. The topological polar surface area (TPSA) is 88.2 Å². The monoisotopic (exact) mass is 393 g/mol. The highest BCUT2D eigenvalue weighted by Crippen LogP contribution is 2.18. The standard InChI is InChI=1S/C18H20ClN3O3S/c19-15-3-1-2-13(8-15)4-6-21-18(23)14-9-17(11-20-10-14)22-16-5-7-26(24,25)12-16/h1-3,8-11,16,22H,4-7,12H2,(H,21,23). The summed E-state index contributed by atoms with van der Waals surface area (Å²) in [6, 6.07) is 9.07. The van der Waals surface area contributed by atoms with Crippen LogP contribution in [-0.2, 0) is 16.3 Å². The molecule has 0 spiro atoms. The van der Waals surface area contributed by atoms with Crippen LogP contribution in [-0.4, -0.2) is 43.4 Å². The van der Waals surface area contributed by atoms with Crippen LogP contribution in [0.2, 0.25) is 5.02 Å². The second-order valence-corrected chi connectivity index (χ2v) is 9.01. The Morgan fingerprint density at radius 1 is 1.27 bits per heavy atom. The van der Waals surface area contributed by atoms with E-state index in [0.717, 1.165) is 5.56 Å². The Labute approximate surface area is 157 Å². The van der Waals surface area contributed by atoms with E-state index in [0.29, 0.717) is 35.7 Å². The number of rotatable bonds is 6. The van der Waals surface area contributed by atoms with Gasteiger partial charge in [0.25, 0.3) is 5.91 Å². The highest BCUT2D eigenvalue weighted by Gasteiger charge is 2.27. The summed E-state index contributed by atoms with van der Waals surface area (Å²) in [5.74, 6) is 0.0902. The number of pyridine rings is 1. The molecule has 0 bridgehead atoms. The minimum atomic E-state index is -2.96. The van der Waals surface area contributed by atoms with E-state index in [1.807, 2.05) is 24.3 Å². The van der Waals surface area contributed by atoms with Gasteiger partial charge < -0.3 is 10.6 Å². The number of halogens is 1. The molecular formula is C18H20ClN3O3S. The lowest BCUT2D eigenvalue weighted by atomic mass is 10.1. The zero-order valence-corrected chi connectivity index (χ0v) is 15.7. The van der Waals surface area contributed by atoms with Crippen LogP contribution >= 0.6 is 11.6 Å². The van der Waals surface area contributed by atoms with Crippen molar-refractivity contribution in [3.05, 3.63) is 58.9 Å². The summed E-state index contributed by atoms with van der Waals surface area (Å²) in [4.78, 5) is 16.4. The molecule has 1 aromatic heterocycles. The highest BCUT2D eigenvalue weighted by atomic mass is 35.5. The molecule has 8 heteroatoms. The number of hydrogen-bond donors (Lipinski definition) is 2.